The molecule has 0 radical (unpaired) electrons. The predicted molar refractivity (Wildman–Crippen MR) is 134 cm³/mol. The fourth-order valence-corrected chi connectivity index (χ4v) is 4.31. The number of nitrogens with zero attached hydrogens (tertiary/aromatic N) is 3. The van der Waals surface area contributed by atoms with E-state index in [1.165, 1.54) is 18.0 Å². The Morgan fingerprint density at radius 2 is 1.83 bits per heavy atom. The van der Waals surface area contributed by atoms with E-state index in [9.17, 15) is 14.7 Å². The van der Waals surface area contributed by atoms with Gasteiger partial charge in [-0.2, -0.15) is 5.10 Å². The highest BCUT2D eigenvalue weighted by atomic mass is 35.5. The van der Waals surface area contributed by atoms with E-state index in [0.29, 0.717) is 28.0 Å². The SMILES string of the molecule is O=C([O-])COc1ccccc1/C=N\NC(=O)CSc1nc2ccccc2n1Cc1ccccc1Cl. The number of ether oxygens (including phenoxy) is 1. The van der Waals surface area contributed by atoms with E-state index in [-0.39, 0.29) is 11.7 Å². The summed E-state index contributed by atoms with van der Waals surface area (Å²) in [7, 11) is 0. The highest BCUT2D eigenvalue weighted by Crippen LogP contribution is 2.27. The van der Waals surface area contributed by atoms with E-state index in [0.717, 1.165) is 16.6 Å². The van der Waals surface area contributed by atoms with E-state index < -0.39 is 12.6 Å². The van der Waals surface area contributed by atoms with E-state index in [4.69, 9.17) is 16.3 Å². The maximum absolute atomic E-state index is 12.4. The molecule has 4 aromatic rings. The van der Waals surface area contributed by atoms with Crippen LogP contribution in [0.3, 0.4) is 0 Å². The van der Waals surface area contributed by atoms with Gasteiger partial charge >= 0.3 is 0 Å². The van der Waals surface area contributed by atoms with Gasteiger partial charge in [0.1, 0.15) is 12.4 Å². The largest absolute Gasteiger partial charge is 0.546 e. The van der Waals surface area contributed by atoms with Crippen LogP contribution in [0.2, 0.25) is 5.02 Å². The molecule has 10 heteroatoms. The number of thioether (sulfide) groups is 1. The average molecular weight is 508 g/mol. The van der Waals surface area contributed by atoms with Gasteiger partial charge in [-0.05, 0) is 35.9 Å². The molecule has 0 aliphatic carbocycles. The molecular weight excluding hydrogens is 488 g/mol. The topological polar surface area (TPSA) is 109 Å². The molecule has 0 saturated carbocycles. The van der Waals surface area contributed by atoms with Crippen LogP contribution in [0, 0.1) is 0 Å². The fraction of sp³-hybridized carbons (Fsp3) is 0.120. The summed E-state index contributed by atoms with van der Waals surface area (Å²) in [4.78, 5) is 27.7. The fourth-order valence-electron chi connectivity index (χ4n) is 3.30. The Morgan fingerprint density at radius 3 is 2.66 bits per heavy atom. The number of carboxylic acids is 1. The van der Waals surface area contributed by atoms with Crippen molar-refractivity contribution in [3.63, 3.8) is 0 Å². The first-order chi connectivity index (χ1) is 17.0. The molecule has 178 valence electrons. The van der Waals surface area contributed by atoms with Crippen LogP contribution in [0.1, 0.15) is 11.1 Å². The van der Waals surface area contributed by atoms with Gasteiger partial charge in [0.2, 0.25) is 0 Å². The highest BCUT2D eigenvalue weighted by Gasteiger charge is 2.14. The van der Waals surface area contributed by atoms with Crippen molar-refractivity contribution in [1.29, 1.82) is 0 Å². The Bertz CT molecular complexity index is 1390. The summed E-state index contributed by atoms with van der Waals surface area (Å²) in [5.41, 5.74) is 5.71. The van der Waals surface area contributed by atoms with Gasteiger partial charge in [-0.15, -0.1) is 0 Å². The van der Waals surface area contributed by atoms with Gasteiger partial charge in [-0.25, -0.2) is 10.4 Å². The second-order valence-corrected chi connectivity index (χ2v) is 8.69. The first-order valence-corrected chi connectivity index (χ1v) is 11.9. The normalized spacial score (nSPS) is 11.1. The summed E-state index contributed by atoms with van der Waals surface area (Å²) in [6.07, 6.45) is 1.39. The Kier molecular flexibility index (Phi) is 8.02. The van der Waals surface area contributed by atoms with Crippen molar-refractivity contribution in [2.24, 2.45) is 5.10 Å². The van der Waals surface area contributed by atoms with Crippen LogP contribution in [-0.2, 0) is 16.1 Å². The molecule has 3 aromatic carbocycles. The van der Waals surface area contributed by atoms with Gasteiger partial charge in [0.15, 0.2) is 5.16 Å². The minimum Gasteiger partial charge on any atom is -0.546 e. The summed E-state index contributed by atoms with van der Waals surface area (Å²) < 4.78 is 7.20. The molecule has 8 nitrogen and oxygen atoms in total. The number of rotatable bonds is 10. The number of imidazole rings is 1. The molecule has 0 bridgehead atoms. The first kappa shape index (κ1) is 24.3. The molecule has 0 aliphatic rings. The third-order valence-electron chi connectivity index (χ3n) is 4.90. The monoisotopic (exact) mass is 507 g/mol. The standard InChI is InChI=1S/C25H21ClN4O4S/c26-19-9-3-1-8-18(19)14-30-21-11-5-4-10-20(21)28-25(30)35-16-23(31)29-27-13-17-7-2-6-12-22(17)34-15-24(32)33/h1-13H,14-16H2,(H,29,31)(H,32,33)/p-1/b27-13-. The van der Waals surface area contributed by atoms with Crippen LogP contribution >= 0.6 is 23.4 Å². The van der Waals surface area contributed by atoms with E-state index in [2.05, 4.69) is 15.5 Å². The van der Waals surface area contributed by atoms with Crippen molar-refractivity contribution in [1.82, 2.24) is 15.0 Å². The minimum absolute atomic E-state index is 0.0893. The van der Waals surface area contributed by atoms with Crippen LogP contribution in [0.5, 0.6) is 5.75 Å². The van der Waals surface area contributed by atoms with Crippen molar-refractivity contribution >= 4 is 52.5 Å². The number of amides is 1. The molecule has 0 fully saturated rings. The van der Waals surface area contributed by atoms with Crippen molar-refractivity contribution in [2.75, 3.05) is 12.4 Å². The zero-order valence-corrected chi connectivity index (χ0v) is 20.0. The summed E-state index contributed by atoms with van der Waals surface area (Å²) in [5, 5.41) is 15.9. The number of hydrogen-bond donors (Lipinski definition) is 1. The minimum atomic E-state index is -1.33. The van der Waals surface area contributed by atoms with Gasteiger partial charge in [0.25, 0.3) is 5.91 Å². The van der Waals surface area contributed by atoms with Gasteiger partial charge < -0.3 is 19.2 Å². The van der Waals surface area contributed by atoms with Crippen LogP contribution < -0.4 is 15.3 Å². The van der Waals surface area contributed by atoms with Crippen molar-refractivity contribution in [3.05, 3.63) is 88.9 Å². The average Bonchev–Trinajstić information content (AvgIpc) is 3.21. The molecule has 0 unspecified atom stereocenters. The smallest absolute Gasteiger partial charge is 0.250 e. The molecule has 1 heterocycles. The summed E-state index contributed by atoms with van der Waals surface area (Å²) in [6, 6.07) is 22.1. The number of nitrogens with one attached hydrogen (secondary N) is 1. The molecule has 4 rings (SSSR count). The van der Waals surface area contributed by atoms with Crippen molar-refractivity contribution < 1.29 is 19.4 Å². The number of fused-ring (bicyclic) bond motifs is 1. The van der Waals surface area contributed by atoms with Crippen LogP contribution in [0.4, 0.5) is 0 Å². The zero-order chi connectivity index (χ0) is 24.6. The maximum Gasteiger partial charge on any atom is 0.250 e. The molecule has 0 aliphatic heterocycles. The third kappa shape index (κ3) is 6.40. The molecule has 1 N–H and O–H groups in total. The Labute approximate surface area is 210 Å². The lowest BCUT2D eigenvalue weighted by Crippen LogP contribution is -2.29. The van der Waals surface area contributed by atoms with Crippen LogP contribution in [0.15, 0.2) is 83.1 Å². The Balaban J connectivity index is 1.42. The lowest BCUT2D eigenvalue weighted by Gasteiger charge is -2.10. The number of carbonyl (C=O) groups is 2. The molecule has 0 saturated heterocycles. The number of para-hydroxylation sites is 3. The van der Waals surface area contributed by atoms with Crippen molar-refractivity contribution in [2.45, 2.75) is 11.7 Å². The van der Waals surface area contributed by atoms with Gasteiger partial charge in [0.05, 0.1) is 35.5 Å². The summed E-state index contributed by atoms with van der Waals surface area (Å²) in [5.74, 6) is -1.25. The number of carboxylic acid groups (broad SMARTS) is 1. The second kappa shape index (κ2) is 11.5. The lowest BCUT2D eigenvalue weighted by molar-refractivity contribution is -0.307. The van der Waals surface area contributed by atoms with Crippen LogP contribution in [-0.4, -0.2) is 40.0 Å². The number of aromatic nitrogens is 2. The third-order valence-corrected chi connectivity index (χ3v) is 6.24. The Hall–Kier alpha value is -3.82. The van der Waals surface area contributed by atoms with Gasteiger partial charge in [-0.3, -0.25) is 4.79 Å². The van der Waals surface area contributed by atoms with Crippen molar-refractivity contribution in [3.8, 4) is 5.75 Å². The van der Waals surface area contributed by atoms with E-state index >= 15 is 0 Å². The number of carbonyl (C=O) groups excluding carboxylic acids is 2. The number of hydrogen-bond acceptors (Lipinski definition) is 7. The molecular formula is C25H20ClN4O4S-. The number of benzene rings is 3. The molecule has 0 spiro atoms. The molecule has 0 atom stereocenters. The predicted octanol–water partition coefficient (Wildman–Crippen LogP) is 3.11. The number of hydrazone groups is 1. The quantitative estimate of drug-likeness (QED) is 0.201. The van der Waals surface area contributed by atoms with E-state index in [1.54, 1.807) is 24.3 Å². The molecule has 1 aromatic heterocycles. The number of aliphatic carboxylic acids is 1. The van der Waals surface area contributed by atoms with Gasteiger partial charge in [0, 0.05) is 10.6 Å². The van der Waals surface area contributed by atoms with E-state index in [1.807, 2.05) is 53.1 Å². The molecule has 35 heavy (non-hydrogen) atoms. The summed E-state index contributed by atoms with van der Waals surface area (Å²) in [6.45, 7) is -0.0615. The maximum atomic E-state index is 12.4. The van der Waals surface area contributed by atoms with Gasteiger partial charge in [-0.1, -0.05) is 65.8 Å². The zero-order valence-electron chi connectivity index (χ0n) is 18.4. The molecule has 1 amide bonds. The first-order valence-electron chi connectivity index (χ1n) is 10.6. The highest BCUT2D eigenvalue weighted by molar-refractivity contribution is 7.99. The Morgan fingerprint density at radius 1 is 1.09 bits per heavy atom. The lowest BCUT2D eigenvalue weighted by atomic mass is 10.2. The van der Waals surface area contributed by atoms with Crippen LogP contribution in [0.25, 0.3) is 11.0 Å². The second-order valence-electron chi connectivity index (χ2n) is 7.34. The number of halogens is 1. The summed E-state index contributed by atoms with van der Waals surface area (Å²) >= 11 is 7.66.